The molecule has 5 heteroatoms. The SMILES string of the molecule is O=C(O)CC[N+]1(CCO)C=NCC1. The van der Waals surface area contributed by atoms with Crippen LogP contribution < -0.4 is 0 Å². The van der Waals surface area contributed by atoms with Crippen molar-refractivity contribution in [2.45, 2.75) is 6.42 Å². The normalized spacial score (nSPS) is 26.5. The molecule has 0 fully saturated rings. The number of aliphatic carboxylic acids is 1. The molecule has 74 valence electrons. The van der Waals surface area contributed by atoms with Crippen molar-refractivity contribution >= 4 is 12.3 Å². The number of carboxylic acids is 1. The van der Waals surface area contributed by atoms with Gasteiger partial charge in [-0.25, -0.2) is 4.99 Å². The smallest absolute Gasteiger partial charge is 0.309 e. The summed E-state index contributed by atoms with van der Waals surface area (Å²) in [5.74, 6) is -0.796. The van der Waals surface area contributed by atoms with Crippen LogP contribution in [0.4, 0.5) is 0 Å². The molecule has 0 saturated heterocycles. The highest BCUT2D eigenvalue weighted by Crippen LogP contribution is 2.09. The van der Waals surface area contributed by atoms with Crippen LogP contribution in [0.5, 0.6) is 0 Å². The minimum atomic E-state index is -0.796. The maximum Gasteiger partial charge on any atom is 0.309 e. The topological polar surface area (TPSA) is 69.9 Å². The molecule has 0 aromatic rings. The fraction of sp³-hybridized carbons (Fsp3) is 0.750. The third kappa shape index (κ3) is 2.78. The number of aliphatic hydroxyl groups excluding tert-OH is 1. The average Bonchev–Trinajstić information content (AvgIpc) is 2.51. The third-order valence-corrected chi connectivity index (χ3v) is 2.32. The van der Waals surface area contributed by atoms with Gasteiger partial charge in [0.1, 0.15) is 13.1 Å². The van der Waals surface area contributed by atoms with Crippen molar-refractivity contribution < 1.29 is 19.5 Å². The van der Waals surface area contributed by atoms with Gasteiger partial charge in [0.15, 0.2) is 6.34 Å². The van der Waals surface area contributed by atoms with Gasteiger partial charge in [0.05, 0.1) is 26.1 Å². The van der Waals surface area contributed by atoms with Crippen LogP contribution >= 0.6 is 0 Å². The van der Waals surface area contributed by atoms with Gasteiger partial charge in [-0.3, -0.25) is 9.28 Å². The second-order valence-corrected chi connectivity index (χ2v) is 3.28. The van der Waals surface area contributed by atoms with E-state index in [1.54, 1.807) is 6.34 Å². The van der Waals surface area contributed by atoms with E-state index >= 15 is 0 Å². The van der Waals surface area contributed by atoms with Crippen LogP contribution in [0, 0.1) is 0 Å². The van der Waals surface area contributed by atoms with Crippen LogP contribution in [-0.4, -0.2) is 59.8 Å². The van der Waals surface area contributed by atoms with Crippen molar-refractivity contribution in [2.24, 2.45) is 4.99 Å². The molecule has 0 aliphatic carbocycles. The number of rotatable bonds is 5. The van der Waals surface area contributed by atoms with Gasteiger partial charge in [-0.1, -0.05) is 0 Å². The van der Waals surface area contributed by atoms with E-state index in [9.17, 15) is 4.79 Å². The molecule has 0 amide bonds. The predicted octanol–water partition coefficient (Wildman–Crippen LogP) is -0.688. The number of aliphatic hydroxyl groups is 1. The Bertz CT molecular complexity index is 217. The maximum atomic E-state index is 10.4. The lowest BCUT2D eigenvalue weighted by atomic mass is 10.3. The fourth-order valence-corrected chi connectivity index (χ4v) is 1.51. The van der Waals surface area contributed by atoms with Crippen LogP contribution in [0.3, 0.4) is 0 Å². The minimum absolute atomic E-state index is 0.0750. The van der Waals surface area contributed by atoms with Gasteiger partial charge in [-0.2, -0.15) is 0 Å². The molecule has 1 aliphatic rings. The number of hydrogen-bond donors (Lipinski definition) is 2. The summed E-state index contributed by atoms with van der Waals surface area (Å²) in [6.07, 6.45) is 1.89. The van der Waals surface area contributed by atoms with Crippen LogP contribution in [-0.2, 0) is 4.79 Å². The largest absolute Gasteiger partial charge is 0.481 e. The van der Waals surface area contributed by atoms with Crippen molar-refractivity contribution in [1.82, 2.24) is 0 Å². The molecule has 1 rings (SSSR count). The first kappa shape index (κ1) is 10.1. The molecular weight excluding hydrogens is 172 g/mol. The molecule has 0 aromatic carbocycles. The first-order chi connectivity index (χ1) is 6.18. The average molecular weight is 187 g/mol. The van der Waals surface area contributed by atoms with Crippen LogP contribution in [0.15, 0.2) is 4.99 Å². The summed E-state index contributed by atoms with van der Waals surface area (Å²) in [6, 6.07) is 0. The molecule has 1 unspecified atom stereocenters. The van der Waals surface area contributed by atoms with E-state index in [-0.39, 0.29) is 13.0 Å². The van der Waals surface area contributed by atoms with Gasteiger partial charge in [0.2, 0.25) is 0 Å². The van der Waals surface area contributed by atoms with Crippen LogP contribution in [0.2, 0.25) is 0 Å². The Balaban J connectivity index is 2.47. The molecule has 5 nitrogen and oxygen atoms in total. The van der Waals surface area contributed by atoms with E-state index in [4.69, 9.17) is 10.2 Å². The molecule has 0 radical (unpaired) electrons. The number of carbonyl (C=O) groups is 1. The Morgan fingerprint density at radius 1 is 1.54 bits per heavy atom. The predicted molar refractivity (Wildman–Crippen MR) is 47.6 cm³/mol. The van der Waals surface area contributed by atoms with Gasteiger partial charge in [0, 0.05) is 0 Å². The number of carboxylic acid groups (broad SMARTS) is 1. The van der Waals surface area contributed by atoms with Gasteiger partial charge < -0.3 is 10.2 Å². The highest BCUT2D eigenvalue weighted by atomic mass is 16.4. The fourth-order valence-electron chi connectivity index (χ4n) is 1.51. The molecule has 2 N–H and O–H groups in total. The lowest BCUT2D eigenvalue weighted by molar-refractivity contribution is -0.828. The molecule has 1 aliphatic heterocycles. The first-order valence-electron chi connectivity index (χ1n) is 4.38. The Morgan fingerprint density at radius 3 is 2.77 bits per heavy atom. The second kappa shape index (κ2) is 4.34. The lowest BCUT2D eigenvalue weighted by Gasteiger charge is -2.28. The third-order valence-electron chi connectivity index (χ3n) is 2.32. The van der Waals surface area contributed by atoms with Gasteiger partial charge in [0.25, 0.3) is 0 Å². The molecule has 13 heavy (non-hydrogen) atoms. The second-order valence-electron chi connectivity index (χ2n) is 3.28. The van der Waals surface area contributed by atoms with Crippen LogP contribution in [0.25, 0.3) is 0 Å². The quantitative estimate of drug-likeness (QED) is 0.560. The molecule has 1 atom stereocenters. The maximum absolute atomic E-state index is 10.4. The van der Waals surface area contributed by atoms with E-state index in [1.807, 2.05) is 0 Å². The lowest BCUT2D eigenvalue weighted by Crippen LogP contribution is -2.48. The monoisotopic (exact) mass is 187 g/mol. The zero-order chi connectivity index (χ0) is 9.73. The summed E-state index contributed by atoms with van der Waals surface area (Å²) in [5.41, 5.74) is 0. The van der Waals surface area contributed by atoms with Gasteiger partial charge in [-0.15, -0.1) is 0 Å². The summed E-state index contributed by atoms with van der Waals surface area (Å²) in [6.45, 7) is 2.72. The Kier molecular flexibility index (Phi) is 3.39. The summed E-state index contributed by atoms with van der Waals surface area (Å²) in [5, 5.41) is 17.4. The van der Waals surface area contributed by atoms with Crippen molar-refractivity contribution in [3.63, 3.8) is 0 Å². The Labute approximate surface area is 76.9 Å². The van der Waals surface area contributed by atoms with E-state index in [1.165, 1.54) is 0 Å². The Morgan fingerprint density at radius 2 is 2.31 bits per heavy atom. The summed E-state index contributed by atoms with van der Waals surface area (Å²) in [7, 11) is 0. The summed E-state index contributed by atoms with van der Waals surface area (Å²) in [4.78, 5) is 14.5. The Hall–Kier alpha value is -0.940. The van der Waals surface area contributed by atoms with E-state index < -0.39 is 5.97 Å². The highest BCUT2D eigenvalue weighted by molar-refractivity contribution is 5.67. The number of nitrogens with zero attached hydrogens (tertiary/aromatic N) is 2. The number of hydrogen-bond acceptors (Lipinski definition) is 3. The van der Waals surface area contributed by atoms with Crippen molar-refractivity contribution in [3.8, 4) is 0 Å². The van der Waals surface area contributed by atoms with Crippen molar-refractivity contribution in [3.05, 3.63) is 0 Å². The van der Waals surface area contributed by atoms with E-state index in [0.717, 1.165) is 13.1 Å². The molecule has 0 saturated carbocycles. The number of quaternary nitrogens is 1. The molecule has 0 aromatic heterocycles. The van der Waals surface area contributed by atoms with E-state index in [2.05, 4.69) is 4.99 Å². The molecular formula is C8H15N2O3+. The van der Waals surface area contributed by atoms with Gasteiger partial charge >= 0.3 is 5.97 Å². The summed E-state index contributed by atoms with van der Waals surface area (Å²) < 4.78 is 0.517. The van der Waals surface area contributed by atoms with Gasteiger partial charge in [-0.05, 0) is 0 Å². The highest BCUT2D eigenvalue weighted by Gasteiger charge is 2.29. The van der Waals surface area contributed by atoms with Crippen LogP contribution in [0.1, 0.15) is 6.42 Å². The molecule has 0 bridgehead atoms. The van der Waals surface area contributed by atoms with Crippen molar-refractivity contribution in [1.29, 1.82) is 0 Å². The number of aliphatic imine (C=N–C) groups is 1. The summed E-state index contributed by atoms with van der Waals surface area (Å²) >= 11 is 0. The zero-order valence-electron chi connectivity index (χ0n) is 7.52. The molecule has 1 heterocycles. The zero-order valence-corrected chi connectivity index (χ0v) is 7.52. The molecule has 0 spiro atoms. The van der Waals surface area contributed by atoms with Crippen molar-refractivity contribution in [2.75, 3.05) is 32.8 Å². The first-order valence-corrected chi connectivity index (χ1v) is 4.38. The van der Waals surface area contributed by atoms with E-state index in [0.29, 0.717) is 17.6 Å². The standard InChI is InChI=1S/C8H14N2O3/c11-6-5-10(3-1-8(12)13)4-2-9-7-10/h7,11H,1-6H2/p+1. The minimum Gasteiger partial charge on any atom is -0.481 e.